The van der Waals surface area contributed by atoms with Crippen LogP contribution < -0.4 is 0 Å². The Bertz CT molecular complexity index is 1260. The van der Waals surface area contributed by atoms with E-state index in [1.54, 1.807) is 27.7 Å². The third-order valence-electron chi connectivity index (χ3n) is 15.5. The van der Waals surface area contributed by atoms with Crippen LogP contribution in [-0.2, 0) is 28.5 Å². The molecule has 12 atom stereocenters. The van der Waals surface area contributed by atoms with Gasteiger partial charge in [0.25, 0.3) is 0 Å². The summed E-state index contributed by atoms with van der Waals surface area (Å²) in [6.45, 7) is 17.4. The minimum Gasteiger partial charge on any atom is -0.480 e. The van der Waals surface area contributed by atoms with Gasteiger partial charge in [-0.25, -0.2) is 0 Å². The molecule has 8 unspecified atom stereocenters. The van der Waals surface area contributed by atoms with Gasteiger partial charge in [0.2, 0.25) is 0 Å². The van der Waals surface area contributed by atoms with Gasteiger partial charge in [0.15, 0.2) is 12.4 Å². The average molecular weight is 660 g/mol. The fraction of sp³-hybridized carbons (Fsp3) is 0.947. The molecule has 9 heteroatoms. The Morgan fingerprint density at radius 3 is 2.34 bits per heavy atom. The van der Waals surface area contributed by atoms with Crippen LogP contribution in [-0.4, -0.2) is 88.6 Å². The predicted molar refractivity (Wildman–Crippen MR) is 175 cm³/mol. The summed E-state index contributed by atoms with van der Waals surface area (Å²) >= 11 is 0. The number of hydrogen-bond acceptors (Lipinski definition) is 8. The van der Waals surface area contributed by atoms with Crippen LogP contribution in [0.5, 0.6) is 0 Å². The lowest BCUT2D eigenvalue weighted by molar-refractivity contribution is -0.251. The first-order valence-electron chi connectivity index (χ1n) is 18.7. The Kier molecular flexibility index (Phi) is 8.09. The van der Waals surface area contributed by atoms with E-state index in [1.807, 2.05) is 4.90 Å². The third-order valence-corrected chi connectivity index (χ3v) is 15.5. The van der Waals surface area contributed by atoms with Gasteiger partial charge in [-0.2, -0.15) is 0 Å². The number of carbonyl (C=O) groups is 2. The van der Waals surface area contributed by atoms with Crippen LogP contribution in [0.25, 0.3) is 0 Å². The fourth-order valence-corrected chi connectivity index (χ4v) is 13.1. The molecule has 0 aromatic heterocycles. The molecule has 5 saturated carbocycles. The molecule has 9 nitrogen and oxygen atoms in total. The van der Waals surface area contributed by atoms with E-state index >= 15 is 0 Å². The van der Waals surface area contributed by atoms with Crippen molar-refractivity contribution in [2.24, 2.45) is 45.3 Å². The molecule has 2 N–H and O–H groups in total. The van der Waals surface area contributed by atoms with Crippen molar-refractivity contribution >= 4 is 11.9 Å². The van der Waals surface area contributed by atoms with Crippen LogP contribution in [0.3, 0.4) is 0 Å². The van der Waals surface area contributed by atoms with Crippen molar-refractivity contribution in [1.29, 1.82) is 0 Å². The molecule has 47 heavy (non-hydrogen) atoms. The standard InChI is InChI=1S/C38H61NO8/c1-22(40)45-31(35(6,7)43)26-11-9-24-27(46-26)19-25-23-10-12-28-33(2,3)29(13-14-38(28)21-37(23,38)16-15-36(24,25)8)47-30-20-39(17-18-44-30)34(4,5)32(41)42/h23-31,43H,9-21H2,1-8H3,(H,41,42)/t23?,24?,25?,26?,27?,28?,29-,30?,31-,36?,37-,38+/m0/s1. The maximum Gasteiger partial charge on any atom is 0.323 e. The van der Waals surface area contributed by atoms with Gasteiger partial charge in [0, 0.05) is 13.5 Å². The van der Waals surface area contributed by atoms with Gasteiger partial charge in [-0.1, -0.05) is 20.8 Å². The smallest absolute Gasteiger partial charge is 0.323 e. The molecule has 2 spiro atoms. The zero-order chi connectivity index (χ0) is 33.9. The Hall–Kier alpha value is -1.26. The van der Waals surface area contributed by atoms with Crippen molar-refractivity contribution in [2.45, 2.75) is 161 Å². The van der Waals surface area contributed by atoms with Crippen LogP contribution in [0.2, 0.25) is 0 Å². The lowest BCUT2D eigenvalue weighted by Gasteiger charge is -2.60. The van der Waals surface area contributed by atoms with E-state index in [-0.39, 0.29) is 35.1 Å². The Morgan fingerprint density at radius 1 is 0.936 bits per heavy atom. The van der Waals surface area contributed by atoms with Crippen LogP contribution in [0.15, 0.2) is 0 Å². The average Bonchev–Trinajstić information content (AvgIpc) is 3.56. The topological polar surface area (TPSA) is 115 Å². The number of carbonyl (C=O) groups excluding carboxylic acids is 1. The van der Waals surface area contributed by atoms with Crippen LogP contribution in [0, 0.1) is 45.3 Å². The summed E-state index contributed by atoms with van der Waals surface area (Å²) < 4.78 is 25.4. The molecular formula is C38H61NO8. The molecule has 2 aliphatic heterocycles. The molecule has 266 valence electrons. The Morgan fingerprint density at radius 2 is 1.66 bits per heavy atom. The SMILES string of the molecule is CC(=O)O[C@@H](C1CCC2C(CC3C4CCC5C(C)(C)[C@@H](OC6CN(C(C)(C)C(=O)O)CCO6)CC[C@@]56C[C@@]46CCC23C)O1)C(C)(C)O. The van der Waals surface area contributed by atoms with Crippen molar-refractivity contribution in [3.63, 3.8) is 0 Å². The Labute approximate surface area is 281 Å². The summed E-state index contributed by atoms with van der Waals surface area (Å²) in [5.74, 6) is 1.33. The number of ether oxygens (including phenoxy) is 4. The second kappa shape index (κ2) is 11.1. The van der Waals surface area contributed by atoms with E-state index in [0.29, 0.717) is 48.3 Å². The van der Waals surface area contributed by atoms with Gasteiger partial charge in [0.05, 0.1) is 37.1 Å². The highest BCUT2D eigenvalue weighted by atomic mass is 16.7. The molecule has 5 aliphatic carbocycles. The number of rotatable bonds is 7. The van der Waals surface area contributed by atoms with Crippen molar-refractivity contribution in [1.82, 2.24) is 4.90 Å². The summed E-state index contributed by atoms with van der Waals surface area (Å²) in [6.07, 6.45) is 10.6. The predicted octanol–water partition coefficient (Wildman–Crippen LogP) is 5.80. The van der Waals surface area contributed by atoms with Gasteiger partial charge in [-0.05, 0) is 137 Å². The van der Waals surface area contributed by atoms with E-state index in [1.165, 1.54) is 45.4 Å². The number of fused-ring (bicyclic) bond motifs is 4. The summed E-state index contributed by atoms with van der Waals surface area (Å²) in [7, 11) is 0. The molecule has 7 fully saturated rings. The highest BCUT2D eigenvalue weighted by Crippen LogP contribution is 2.87. The van der Waals surface area contributed by atoms with E-state index in [4.69, 9.17) is 18.9 Å². The zero-order valence-electron chi connectivity index (χ0n) is 30.2. The number of morpholine rings is 1. The normalized spacial score (nSPS) is 46.6. The number of aliphatic carboxylic acids is 1. The number of carboxylic acids is 1. The summed E-state index contributed by atoms with van der Waals surface area (Å²) in [6, 6.07) is 0. The summed E-state index contributed by atoms with van der Waals surface area (Å²) in [4.78, 5) is 25.9. The molecule has 0 amide bonds. The van der Waals surface area contributed by atoms with E-state index in [9.17, 15) is 19.8 Å². The molecule has 7 rings (SSSR count). The van der Waals surface area contributed by atoms with Crippen LogP contribution in [0.4, 0.5) is 0 Å². The van der Waals surface area contributed by atoms with Crippen molar-refractivity contribution in [3.05, 3.63) is 0 Å². The summed E-state index contributed by atoms with van der Waals surface area (Å²) in [5, 5.41) is 20.7. The van der Waals surface area contributed by atoms with Gasteiger partial charge >= 0.3 is 11.9 Å². The molecule has 2 heterocycles. The van der Waals surface area contributed by atoms with Gasteiger partial charge in [-0.3, -0.25) is 14.5 Å². The molecule has 2 saturated heterocycles. The number of esters is 1. The first kappa shape index (κ1) is 34.2. The Balaban J connectivity index is 1.05. The van der Waals surface area contributed by atoms with Crippen molar-refractivity contribution in [3.8, 4) is 0 Å². The molecule has 0 bridgehead atoms. The maximum atomic E-state index is 12.0. The van der Waals surface area contributed by atoms with Crippen LogP contribution in [0.1, 0.15) is 120 Å². The third kappa shape index (κ3) is 5.09. The van der Waals surface area contributed by atoms with Gasteiger partial charge in [0.1, 0.15) is 5.54 Å². The monoisotopic (exact) mass is 659 g/mol. The molecular weight excluding hydrogens is 598 g/mol. The second-order valence-corrected chi connectivity index (χ2v) is 18.7. The first-order valence-corrected chi connectivity index (χ1v) is 18.7. The van der Waals surface area contributed by atoms with Crippen molar-refractivity contribution < 1.29 is 38.7 Å². The lowest BCUT2D eigenvalue weighted by atomic mass is 9.46. The second-order valence-electron chi connectivity index (χ2n) is 18.7. The van der Waals surface area contributed by atoms with Gasteiger partial charge in [-0.15, -0.1) is 0 Å². The quantitative estimate of drug-likeness (QED) is 0.327. The number of nitrogens with zero attached hydrogens (tertiary/aromatic N) is 1. The highest BCUT2D eigenvalue weighted by molar-refractivity contribution is 5.77. The van der Waals surface area contributed by atoms with E-state index in [2.05, 4.69) is 20.8 Å². The lowest BCUT2D eigenvalue weighted by Crippen LogP contribution is -2.59. The largest absolute Gasteiger partial charge is 0.480 e. The minimum atomic E-state index is -1.16. The molecule has 7 aliphatic rings. The van der Waals surface area contributed by atoms with Crippen LogP contribution >= 0.6 is 0 Å². The number of hydrogen-bond donors (Lipinski definition) is 2. The first-order chi connectivity index (χ1) is 21.9. The summed E-state index contributed by atoms with van der Waals surface area (Å²) in [5.41, 5.74) is -0.999. The molecule has 0 radical (unpaired) electrons. The zero-order valence-corrected chi connectivity index (χ0v) is 30.2. The van der Waals surface area contributed by atoms with E-state index < -0.39 is 29.5 Å². The maximum absolute atomic E-state index is 12.0. The van der Waals surface area contributed by atoms with E-state index in [0.717, 1.165) is 31.6 Å². The number of aliphatic hydroxyl groups is 1. The fourth-order valence-electron chi connectivity index (χ4n) is 13.1. The highest BCUT2D eigenvalue weighted by Gasteiger charge is 2.80. The molecule has 0 aromatic rings. The van der Waals surface area contributed by atoms with Crippen molar-refractivity contribution in [2.75, 3.05) is 19.7 Å². The number of carboxylic acid groups (broad SMARTS) is 1. The molecule has 0 aromatic carbocycles. The minimum absolute atomic E-state index is 0.0181. The van der Waals surface area contributed by atoms with Gasteiger partial charge < -0.3 is 29.2 Å².